The summed E-state index contributed by atoms with van der Waals surface area (Å²) in [7, 11) is 0. The van der Waals surface area contributed by atoms with Crippen molar-refractivity contribution < 1.29 is 14.4 Å². The van der Waals surface area contributed by atoms with Crippen molar-refractivity contribution in [1.29, 1.82) is 0 Å². The standard InChI is InChI=1S/C27H30Cl3N3O3/c1-17(34)19-8-11-32(12-9-19)27(36)33-13-10-25(22(16-33)21-6-7-23(29)24(30)14-21)31-26(35)20-4-2-18(15-28)3-5-20/h2-7,14,19,22,25H,8-13,15-16H2,1H3,(H,31,35). The fraction of sp³-hybridized carbons (Fsp3) is 0.444. The topological polar surface area (TPSA) is 69.7 Å². The third-order valence-corrected chi connectivity index (χ3v) is 8.33. The van der Waals surface area contributed by atoms with Gasteiger partial charge in [-0.3, -0.25) is 9.59 Å². The molecule has 6 nitrogen and oxygen atoms in total. The van der Waals surface area contributed by atoms with Crippen molar-refractivity contribution in [3.05, 3.63) is 69.2 Å². The fourth-order valence-corrected chi connectivity index (χ4v) is 5.54. The molecule has 0 spiro atoms. The van der Waals surface area contributed by atoms with Crippen molar-refractivity contribution in [1.82, 2.24) is 15.1 Å². The summed E-state index contributed by atoms with van der Waals surface area (Å²) in [6.07, 6.45) is 2.00. The van der Waals surface area contributed by atoms with Gasteiger partial charge in [-0.2, -0.15) is 0 Å². The first-order valence-corrected chi connectivity index (χ1v) is 13.5. The maximum atomic E-state index is 13.4. The number of halogens is 3. The summed E-state index contributed by atoms with van der Waals surface area (Å²) in [5.41, 5.74) is 2.42. The lowest BCUT2D eigenvalue weighted by molar-refractivity contribution is -0.121. The van der Waals surface area contributed by atoms with Crippen LogP contribution in [0.1, 0.15) is 53.6 Å². The van der Waals surface area contributed by atoms with Gasteiger partial charge >= 0.3 is 6.03 Å². The van der Waals surface area contributed by atoms with Crippen LogP contribution in [-0.2, 0) is 10.7 Å². The normalized spacial score (nSPS) is 20.8. The number of carbonyl (C=O) groups is 3. The second kappa shape index (κ2) is 11.8. The number of hydrogen-bond donors (Lipinski definition) is 1. The van der Waals surface area contributed by atoms with Gasteiger partial charge in [0.05, 0.1) is 10.0 Å². The maximum Gasteiger partial charge on any atom is 0.320 e. The highest BCUT2D eigenvalue weighted by molar-refractivity contribution is 6.42. The third-order valence-electron chi connectivity index (χ3n) is 7.28. The summed E-state index contributed by atoms with van der Waals surface area (Å²) in [5.74, 6) is 0.295. The van der Waals surface area contributed by atoms with E-state index >= 15 is 0 Å². The molecule has 2 aliphatic heterocycles. The molecule has 9 heteroatoms. The van der Waals surface area contributed by atoms with Crippen LogP contribution in [0.25, 0.3) is 0 Å². The average Bonchev–Trinajstić information content (AvgIpc) is 2.90. The molecule has 4 rings (SSSR count). The zero-order valence-corrected chi connectivity index (χ0v) is 22.5. The van der Waals surface area contributed by atoms with Crippen molar-refractivity contribution in [3.63, 3.8) is 0 Å². The van der Waals surface area contributed by atoms with Crippen LogP contribution in [0, 0.1) is 5.92 Å². The largest absolute Gasteiger partial charge is 0.349 e. The number of Topliss-reactive ketones (excluding diaryl/α,β-unsaturated/α-hetero) is 1. The van der Waals surface area contributed by atoms with Gasteiger partial charge in [0.15, 0.2) is 0 Å². The van der Waals surface area contributed by atoms with Crippen molar-refractivity contribution in [3.8, 4) is 0 Å². The van der Waals surface area contributed by atoms with Gasteiger partial charge in [-0.25, -0.2) is 4.79 Å². The molecule has 2 unspecified atom stereocenters. The van der Waals surface area contributed by atoms with Crippen molar-refractivity contribution >= 4 is 52.5 Å². The van der Waals surface area contributed by atoms with E-state index < -0.39 is 0 Å². The van der Waals surface area contributed by atoms with E-state index in [9.17, 15) is 14.4 Å². The van der Waals surface area contributed by atoms with Crippen LogP contribution in [0.3, 0.4) is 0 Å². The molecular weight excluding hydrogens is 521 g/mol. The Balaban J connectivity index is 1.50. The lowest BCUT2D eigenvalue weighted by Crippen LogP contribution is -2.55. The number of nitrogens with zero attached hydrogens (tertiary/aromatic N) is 2. The minimum absolute atomic E-state index is 0.0245. The number of ketones is 1. The van der Waals surface area contributed by atoms with Gasteiger partial charge in [0, 0.05) is 55.5 Å². The minimum atomic E-state index is -0.185. The number of alkyl halides is 1. The quantitative estimate of drug-likeness (QED) is 0.483. The van der Waals surface area contributed by atoms with Crippen LogP contribution >= 0.6 is 34.8 Å². The van der Waals surface area contributed by atoms with E-state index in [1.165, 1.54) is 0 Å². The van der Waals surface area contributed by atoms with Crippen LogP contribution < -0.4 is 5.32 Å². The molecular formula is C27H30Cl3N3O3. The summed E-state index contributed by atoms with van der Waals surface area (Å²) in [5, 5.41) is 4.07. The Kier molecular flexibility index (Phi) is 8.81. The Morgan fingerprint density at radius 1 is 0.917 bits per heavy atom. The zero-order chi connectivity index (χ0) is 25.8. The molecule has 2 heterocycles. The van der Waals surface area contributed by atoms with Gasteiger partial charge in [-0.15, -0.1) is 11.6 Å². The van der Waals surface area contributed by atoms with Gasteiger partial charge in [0.2, 0.25) is 0 Å². The number of likely N-dealkylation sites (tertiary alicyclic amines) is 2. The van der Waals surface area contributed by atoms with Crippen LogP contribution in [0.15, 0.2) is 42.5 Å². The molecule has 3 amide bonds. The Hall–Kier alpha value is -2.28. The molecule has 1 N–H and O–H groups in total. The first-order chi connectivity index (χ1) is 17.3. The molecule has 2 aromatic carbocycles. The number of benzene rings is 2. The molecule has 0 radical (unpaired) electrons. The summed E-state index contributed by atoms with van der Waals surface area (Å²) in [6, 6.07) is 12.5. The maximum absolute atomic E-state index is 13.4. The highest BCUT2D eigenvalue weighted by atomic mass is 35.5. The fourth-order valence-electron chi connectivity index (χ4n) is 5.05. The average molecular weight is 551 g/mol. The molecule has 2 aromatic rings. The van der Waals surface area contributed by atoms with E-state index in [0.717, 1.165) is 11.1 Å². The van der Waals surface area contributed by atoms with Crippen LogP contribution in [0.4, 0.5) is 4.79 Å². The lowest BCUT2D eigenvalue weighted by Gasteiger charge is -2.42. The number of urea groups is 1. The number of hydrogen-bond acceptors (Lipinski definition) is 3. The van der Waals surface area contributed by atoms with Crippen LogP contribution in [0.5, 0.6) is 0 Å². The molecule has 2 aliphatic rings. The van der Waals surface area contributed by atoms with Gasteiger partial charge < -0.3 is 15.1 Å². The summed E-state index contributed by atoms with van der Waals surface area (Å²) < 4.78 is 0. The smallest absolute Gasteiger partial charge is 0.320 e. The van der Waals surface area contributed by atoms with Gasteiger partial charge in [0.25, 0.3) is 5.91 Å². The number of amides is 3. The van der Waals surface area contributed by atoms with E-state index in [-0.39, 0.29) is 35.6 Å². The molecule has 0 aliphatic carbocycles. The number of piperidine rings is 2. The SMILES string of the molecule is CC(=O)C1CCN(C(=O)N2CCC(NC(=O)c3ccc(CCl)cc3)C(c3ccc(Cl)c(Cl)c3)C2)CC1. The lowest BCUT2D eigenvalue weighted by atomic mass is 9.85. The third kappa shape index (κ3) is 6.16. The van der Waals surface area contributed by atoms with E-state index in [0.29, 0.717) is 66.9 Å². The van der Waals surface area contributed by atoms with E-state index in [4.69, 9.17) is 34.8 Å². The predicted octanol–water partition coefficient (Wildman–Crippen LogP) is 5.74. The summed E-state index contributed by atoms with van der Waals surface area (Å²) >= 11 is 18.3. The second-order valence-electron chi connectivity index (χ2n) is 9.58. The molecule has 0 bridgehead atoms. The van der Waals surface area contributed by atoms with E-state index in [2.05, 4.69) is 5.32 Å². The van der Waals surface area contributed by atoms with Crippen LogP contribution in [0.2, 0.25) is 10.0 Å². The van der Waals surface area contributed by atoms with Gasteiger partial charge in [0.1, 0.15) is 5.78 Å². The zero-order valence-electron chi connectivity index (χ0n) is 20.2. The Bertz CT molecular complexity index is 1120. The van der Waals surface area contributed by atoms with Crippen molar-refractivity contribution in [2.75, 3.05) is 26.2 Å². The molecule has 2 saturated heterocycles. The van der Waals surface area contributed by atoms with Crippen molar-refractivity contribution in [2.45, 2.75) is 44.0 Å². The molecule has 0 aromatic heterocycles. The monoisotopic (exact) mass is 549 g/mol. The molecule has 192 valence electrons. The van der Waals surface area contributed by atoms with E-state index in [1.54, 1.807) is 25.1 Å². The summed E-state index contributed by atoms with van der Waals surface area (Å²) in [6.45, 7) is 3.75. The minimum Gasteiger partial charge on any atom is -0.349 e. The van der Waals surface area contributed by atoms with Crippen molar-refractivity contribution in [2.24, 2.45) is 5.92 Å². The second-order valence-corrected chi connectivity index (χ2v) is 10.7. The molecule has 0 saturated carbocycles. The number of rotatable bonds is 5. The first kappa shape index (κ1) is 26.8. The van der Waals surface area contributed by atoms with Gasteiger partial charge in [-0.05, 0) is 61.6 Å². The highest BCUT2D eigenvalue weighted by Crippen LogP contribution is 2.33. The Labute approximate surface area is 226 Å². The van der Waals surface area contributed by atoms with E-state index in [1.807, 2.05) is 34.1 Å². The summed E-state index contributed by atoms with van der Waals surface area (Å²) in [4.78, 5) is 41.8. The molecule has 36 heavy (non-hydrogen) atoms. The predicted molar refractivity (Wildman–Crippen MR) is 143 cm³/mol. The molecule has 2 fully saturated rings. The van der Waals surface area contributed by atoms with Crippen LogP contribution in [-0.4, -0.2) is 59.7 Å². The first-order valence-electron chi connectivity index (χ1n) is 12.2. The molecule has 2 atom stereocenters. The Morgan fingerprint density at radius 3 is 2.19 bits per heavy atom. The van der Waals surface area contributed by atoms with Gasteiger partial charge in [-0.1, -0.05) is 41.4 Å². The number of carbonyl (C=O) groups excluding carboxylic acids is 3. The Morgan fingerprint density at radius 2 is 1.58 bits per heavy atom. The number of nitrogens with one attached hydrogen (secondary N) is 1. The highest BCUT2D eigenvalue weighted by Gasteiger charge is 2.36.